The maximum Gasteiger partial charge on any atom is 0.246 e. The van der Waals surface area contributed by atoms with Gasteiger partial charge in [-0.3, -0.25) is 9.63 Å². The van der Waals surface area contributed by atoms with E-state index in [1.54, 1.807) is 12.1 Å². The Kier molecular flexibility index (Phi) is 7.06. The first kappa shape index (κ1) is 17.5. The van der Waals surface area contributed by atoms with Crippen LogP contribution in [0.4, 0.5) is 0 Å². The third kappa shape index (κ3) is 6.81. The number of aliphatic hydroxyl groups excluding tert-OH is 1. The molecule has 0 saturated carbocycles. The van der Waals surface area contributed by atoms with Crippen LogP contribution in [0.3, 0.4) is 0 Å². The van der Waals surface area contributed by atoms with Crippen molar-refractivity contribution in [2.45, 2.75) is 19.1 Å². The summed E-state index contributed by atoms with van der Waals surface area (Å²) in [5, 5.41) is 9.80. The van der Waals surface area contributed by atoms with Gasteiger partial charge in [0.25, 0.3) is 0 Å². The van der Waals surface area contributed by atoms with Gasteiger partial charge in [-0.05, 0) is 29.8 Å². The van der Waals surface area contributed by atoms with E-state index in [9.17, 15) is 9.90 Å². The molecule has 0 heterocycles. The van der Waals surface area contributed by atoms with Gasteiger partial charge in [0.05, 0.1) is 19.1 Å². The zero-order valence-electron chi connectivity index (χ0n) is 12.4. The van der Waals surface area contributed by atoms with E-state index in [1.807, 2.05) is 42.5 Å². The molecule has 2 rings (SSSR count). The molecule has 2 aromatic carbocycles. The van der Waals surface area contributed by atoms with Crippen LogP contribution in [-0.4, -0.2) is 23.7 Å². The average Bonchev–Trinajstić information content (AvgIpc) is 2.55. The summed E-state index contributed by atoms with van der Waals surface area (Å²) in [5.41, 5.74) is 3.26. The van der Waals surface area contributed by atoms with Crippen LogP contribution in [0.25, 0.3) is 0 Å². The third-order valence-electron chi connectivity index (χ3n) is 2.94. The van der Waals surface area contributed by atoms with Crippen molar-refractivity contribution >= 4 is 21.8 Å². The Morgan fingerprint density at radius 3 is 2.52 bits per heavy atom. The molecule has 0 fully saturated rings. The molecule has 2 N–H and O–H groups in total. The predicted molar refractivity (Wildman–Crippen MR) is 89.6 cm³/mol. The molecule has 0 aliphatic rings. The van der Waals surface area contributed by atoms with Gasteiger partial charge in [0, 0.05) is 4.47 Å². The van der Waals surface area contributed by atoms with Gasteiger partial charge in [-0.1, -0.05) is 46.3 Å². The van der Waals surface area contributed by atoms with Gasteiger partial charge in [-0.2, -0.15) is 0 Å². The summed E-state index contributed by atoms with van der Waals surface area (Å²) in [5.74, 6) is 0.237. The maximum absolute atomic E-state index is 11.6. The number of nitrogens with one attached hydrogen (secondary N) is 1. The molecule has 0 unspecified atom stereocenters. The molecule has 23 heavy (non-hydrogen) atoms. The quantitative estimate of drug-likeness (QED) is 0.692. The van der Waals surface area contributed by atoms with Gasteiger partial charge in [0.2, 0.25) is 5.91 Å². The largest absolute Gasteiger partial charge is 0.491 e. The highest BCUT2D eigenvalue weighted by Crippen LogP contribution is 2.16. The highest BCUT2D eigenvalue weighted by molar-refractivity contribution is 9.10. The Bertz CT molecular complexity index is 604. The van der Waals surface area contributed by atoms with Crippen molar-refractivity contribution in [3.63, 3.8) is 0 Å². The van der Waals surface area contributed by atoms with Crippen molar-refractivity contribution in [3.05, 3.63) is 64.6 Å². The van der Waals surface area contributed by atoms with Crippen LogP contribution in [0, 0.1) is 0 Å². The molecule has 1 atom stereocenters. The van der Waals surface area contributed by atoms with Gasteiger partial charge < -0.3 is 9.84 Å². The van der Waals surface area contributed by atoms with E-state index in [-0.39, 0.29) is 19.6 Å². The SMILES string of the molecule is O=C(C[C@H](O)COc1ccc(Br)cc1)NOCc1ccccc1. The highest BCUT2D eigenvalue weighted by Gasteiger charge is 2.12. The molecule has 0 aliphatic heterocycles. The van der Waals surface area contributed by atoms with E-state index < -0.39 is 12.0 Å². The first-order chi connectivity index (χ1) is 11.1. The summed E-state index contributed by atoms with van der Waals surface area (Å²) in [7, 11) is 0. The van der Waals surface area contributed by atoms with E-state index in [4.69, 9.17) is 9.57 Å². The zero-order chi connectivity index (χ0) is 16.5. The number of carbonyl (C=O) groups is 1. The third-order valence-corrected chi connectivity index (χ3v) is 3.47. The molecule has 0 spiro atoms. The number of amides is 1. The molecule has 0 aliphatic carbocycles. The maximum atomic E-state index is 11.6. The summed E-state index contributed by atoms with van der Waals surface area (Å²) in [6.07, 6.45) is -0.996. The number of hydrogen-bond acceptors (Lipinski definition) is 4. The number of carbonyl (C=O) groups excluding carboxylic acids is 1. The number of hydroxylamine groups is 1. The molecule has 0 aromatic heterocycles. The molecule has 5 nitrogen and oxygen atoms in total. The Balaban J connectivity index is 1.63. The number of ether oxygens (including phenoxy) is 1. The molecule has 0 radical (unpaired) electrons. The van der Waals surface area contributed by atoms with Crippen molar-refractivity contribution in [1.82, 2.24) is 5.48 Å². The molecule has 2 aromatic rings. The second-order valence-electron chi connectivity index (χ2n) is 4.92. The summed E-state index contributed by atoms with van der Waals surface area (Å²) >= 11 is 3.33. The van der Waals surface area contributed by atoms with E-state index in [2.05, 4.69) is 21.4 Å². The van der Waals surface area contributed by atoms with Gasteiger partial charge in [-0.25, -0.2) is 5.48 Å². The minimum atomic E-state index is -0.904. The number of halogens is 1. The van der Waals surface area contributed by atoms with Crippen LogP contribution in [0.1, 0.15) is 12.0 Å². The number of benzene rings is 2. The first-order valence-electron chi connectivity index (χ1n) is 7.14. The average molecular weight is 380 g/mol. The molecular formula is C17H18BrNO4. The molecule has 0 bridgehead atoms. The van der Waals surface area contributed by atoms with Gasteiger partial charge in [-0.15, -0.1) is 0 Å². The summed E-state index contributed by atoms with van der Waals surface area (Å²) in [6, 6.07) is 16.7. The molecule has 122 valence electrons. The first-order valence-corrected chi connectivity index (χ1v) is 7.94. The number of hydrogen-bond donors (Lipinski definition) is 2. The van der Waals surface area contributed by atoms with Crippen LogP contribution in [0.5, 0.6) is 5.75 Å². The van der Waals surface area contributed by atoms with Crippen LogP contribution in [-0.2, 0) is 16.2 Å². The Morgan fingerprint density at radius 2 is 1.83 bits per heavy atom. The predicted octanol–water partition coefficient (Wildman–Crippen LogP) is 2.83. The number of rotatable bonds is 8. The Morgan fingerprint density at radius 1 is 1.13 bits per heavy atom. The van der Waals surface area contributed by atoms with Crippen molar-refractivity contribution in [2.75, 3.05) is 6.61 Å². The Labute approximate surface area is 143 Å². The van der Waals surface area contributed by atoms with Gasteiger partial charge >= 0.3 is 0 Å². The normalized spacial score (nSPS) is 11.7. The van der Waals surface area contributed by atoms with Gasteiger partial charge in [0.1, 0.15) is 12.4 Å². The van der Waals surface area contributed by atoms with Crippen molar-refractivity contribution in [1.29, 1.82) is 0 Å². The van der Waals surface area contributed by atoms with Gasteiger partial charge in [0.15, 0.2) is 0 Å². The fourth-order valence-corrected chi connectivity index (χ4v) is 2.08. The summed E-state index contributed by atoms with van der Waals surface area (Å²) in [4.78, 5) is 16.7. The smallest absolute Gasteiger partial charge is 0.246 e. The van der Waals surface area contributed by atoms with E-state index in [0.29, 0.717) is 5.75 Å². The second-order valence-corrected chi connectivity index (χ2v) is 5.84. The minimum absolute atomic E-state index is 0.0355. The lowest BCUT2D eigenvalue weighted by atomic mass is 10.2. The zero-order valence-corrected chi connectivity index (χ0v) is 14.0. The van der Waals surface area contributed by atoms with Crippen molar-refractivity contribution in [3.8, 4) is 5.75 Å². The van der Waals surface area contributed by atoms with Crippen LogP contribution in [0.2, 0.25) is 0 Å². The van der Waals surface area contributed by atoms with Crippen LogP contribution < -0.4 is 10.2 Å². The summed E-state index contributed by atoms with van der Waals surface area (Å²) < 4.78 is 6.35. The molecule has 1 amide bonds. The lowest BCUT2D eigenvalue weighted by Gasteiger charge is -2.12. The molecule has 0 saturated heterocycles. The second kappa shape index (κ2) is 9.29. The standard InChI is InChI=1S/C17H18BrNO4/c18-14-6-8-16(9-7-14)22-12-15(20)10-17(21)19-23-11-13-4-2-1-3-5-13/h1-9,15,20H,10-12H2,(H,19,21)/t15-/m0/s1. The lowest BCUT2D eigenvalue weighted by molar-refractivity contribution is -0.137. The topological polar surface area (TPSA) is 67.8 Å². The van der Waals surface area contributed by atoms with Crippen molar-refractivity contribution in [2.24, 2.45) is 0 Å². The van der Waals surface area contributed by atoms with Crippen LogP contribution >= 0.6 is 15.9 Å². The monoisotopic (exact) mass is 379 g/mol. The fraction of sp³-hybridized carbons (Fsp3) is 0.235. The van der Waals surface area contributed by atoms with Crippen LogP contribution in [0.15, 0.2) is 59.1 Å². The van der Waals surface area contributed by atoms with Crippen molar-refractivity contribution < 1.29 is 19.5 Å². The van der Waals surface area contributed by atoms with E-state index in [1.165, 1.54) is 0 Å². The highest BCUT2D eigenvalue weighted by atomic mass is 79.9. The molecular weight excluding hydrogens is 362 g/mol. The fourth-order valence-electron chi connectivity index (χ4n) is 1.81. The minimum Gasteiger partial charge on any atom is -0.491 e. The Hall–Kier alpha value is -1.89. The number of aliphatic hydroxyl groups is 1. The summed E-state index contributed by atoms with van der Waals surface area (Å²) in [6.45, 7) is 0.311. The van der Waals surface area contributed by atoms with E-state index in [0.717, 1.165) is 10.0 Å². The molecule has 6 heteroatoms. The van der Waals surface area contributed by atoms with E-state index >= 15 is 0 Å². The lowest BCUT2D eigenvalue weighted by Crippen LogP contribution is -2.30.